The van der Waals surface area contributed by atoms with Gasteiger partial charge < -0.3 is 19.9 Å². The van der Waals surface area contributed by atoms with Crippen LogP contribution in [0.2, 0.25) is 0 Å². The molecule has 0 aromatic heterocycles. The highest BCUT2D eigenvalue weighted by Crippen LogP contribution is 2.32. The first-order valence-corrected chi connectivity index (χ1v) is 9.66. The van der Waals surface area contributed by atoms with Gasteiger partial charge in [0.25, 0.3) is 11.8 Å². The quantitative estimate of drug-likeness (QED) is 0.452. The van der Waals surface area contributed by atoms with Crippen molar-refractivity contribution < 1.29 is 24.2 Å². The molecule has 0 radical (unpaired) electrons. The molecule has 29 heavy (non-hydrogen) atoms. The Kier molecular flexibility index (Phi) is 6.38. The molecule has 1 atom stereocenters. The molecule has 3 rings (SSSR count). The number of halogens is 1. The largest absolute Gasteiger partial charge is 0.507 e. The van der Waals surface area contributed by atoms with E-state index in [2.05, 4.69) is 31.8 Å². The first-order valence-electron chi connectivity index (χ1n) is 8.87. The van der Waals surface area contributed by atoms with Crippen molar-refractivity contribution in [3.63, 3.8) is 0 Å². The molecule has 1 aliphatic heterocycles. The van der Waals surface area contributed by atoms with Gasteiger partial charge in [0.2, 0.25) is 6.79 Å². The summed E-state index contributed by atoms with van der Waals surface area (Å²) in [5.41, 5.74) is 3.49. The van der Waals surface area contributed by atoms with Gasteiger partial charge in [-0.1, -0.05) is 13.8 Å². The van der Waals surface area contributed by atoms with Crippen molar-refractivity contribution in [1.82, 2.24) is 10.7 Å². The monoisotopic (exact) mass is 461 g/mol. The Morgan fingerprint density at radius 3 is 2.66 bits per heavy atom. The van der Waals surface area contributed by atoms with Crippen LogP contribution < -0.4 is 20.2 Å². The maximum Gasteiger partial charge on any atom is 0.262 e. The van der Waals surface area contributed by atoms with E-state index in [1.54, 1.807) is 30.3 Å². The Balaban J connectivity index is 1.64. The second-order valence-corrected chi connectivity index (χ2v) is 7.56. The van der Waals surface area contributed by atoms with Gasteiger partial charge in [-0.3, -0.25) is 9.59 Å². The van der Waals surface area contributed by atoms with E-state index in [-0.39, 0.29) is 18.5 Å². The number of rotatable bonds is 6. The van der Waals surface area contributed by atoms with Crippen LogP contribution in [0.1, 0.15) is 29.8 Å². The Morgan fingerprint density at radius 1 is 1.17 bits per heavy atom. The number of nitrogens with zero attached hydrogens (tertiary/aromatic N) is 1. The number of carbonyl (C=O) groups is 2. The van der Waals surface area contributed by atoms with Gasteiger partial charge in [-0.25, -0.2) is 5.43 Å². The number of carbonyl (C=O) groups excluding carboxylic acids is 2. The number of phenols is 1. The van der Waals surface area contributed by atoms with Crippen LogP contribution in [0, 0.1) is 5.92 Å². The highest BCUT2D eigenvalue weighted by molar-refractivity contribution is 9.10. The number of hydrogen-bond acceptors (Lipinski definition) is 6. The predicted molar refractivity (Wildman–Crippen MR) is 110 cm³/mol. The highest BCUT2D eigenvalue weighted by Gasteiger charge is 2.25. The Morgan fingerprint density at radius 2 is 1.93 bits per heavy atom. The average molecular weight is 462 g/mol. The summed E-state index contributed by atoms with van der Waals surface area (Å²) < 4.78 is 11.0. The minimum absolute atomic E-state index is 0.109. The van der Waals surface area contributed by atoms with Crippen LogP contribution in [0.25, 0.3) is 0 Å². The van der Waals surface area contributed by atoms with E-state index < -0.39 is 17.9 Å². The van der Waals surface area contributed by atoms with E-state index in [0.29, 0.717) is 27.1 Å². The lowest BCUT2D eigenvalue weighted by molar-refractivity contribution is -0.123. The Hall–Kier alpha value is -3.07. The number of hydrazone groups is 1. The number of benzene rings is 2. The molecular weight excluding hydrogens is 442 g/mol. The minimum atomic E-state index is -0.781. The molecule has 1 unspecified atom stereocenters. The van der Waals surface area contributed by atoms with Crippen molar-refractivity contribution in [3.8, 4) is 17.2 Å². The maximum absolute atomic E-state index is 12.6. The van der Waals surface area contributed by atoms with Gasteiger partial charge in [0, 0.05) is 5.56 Å². The zero-order valence-electron chi connectivity index (χ0n) is 15.8. The molecule has 0 saturated heterocycles. The zero-order chi connectivity index (χ0) is 21.0. The molecule has 0 aliphatic carbocycles. The van der Waals surface area contributed by atoms with Crippen LogP contribution in [0.3, 0.4) is 0 Å². The average Bonchev–Trinajstić information content (AvgIpc) is 3.16. The molecule has 1 heterocycles. The molecule has 0 bridgehead atoms. The summed E-state index contributed by atoms with van der Waals surface area (Å²) in [6, 6.07) is 8.88. The van der Waals surface area contributed by atoms with E-state index in [1.807, 2.05) is 13.8 Å². The zero-order valence-corrected chi connectivity index (χ0v) is 17.4. The molecule has 0 spiro atoms. The minimum Gasteiger partial charge on any atom is -0.507 e. The van der Waals surface area contributed by atoms with Gasteiger partial charge >= 0.3 is 0 Å². The van der Waals surface area contributed by atoms with Gasteiger partial charge in [-0.05, 0) is 63.8 Å². The molecule has 2 aromatic carbocycles. The fourth-order valence-electron chi connectivity index (χ4n) is 2.64. The maximum atomic E-state index is 12.6. The molecule has 8 nitrogen and oxygen atoms in total. The number of hydrogen-bond donors (Lipinski definition) is 3. The van der Waals surface area contributed by atoms with Crippen molar-refractivity contribution in [2.75, 3.05) is 6.79 Å². The molecule has 2 amide bonds. The summed E-state index contributed by atoms with van der Waals surface area (Å²) in [5, 5.41) is 16.2. The standard InChI is InChI=1S/C20H20BrN3O5/c1-11(2)18(20(27)24-22-9-12-3-5-15(25)14(21)7-12)23-19(26)13-4-6-16-17(8-13)29-10-28-16/h3-9,11,18,25H,10H2,1-2H3,(H,23,26)(H,24,27)/b22-9+. The van der Waals surface area contributed by atoms with Crippen LogP contribution in [0.15, 0.2) is 46.0 Å². The highest BCUT2D eigenvalue weighted by atomic mass is 79.9. The van der Waals surface area contributed by atoms with Crippen molar-refractivity contribution in [2.24, 2.45) is 11.0 Å². The summed E-state index contributed by atoms with van der Waals surface area (Å²) in [5.74, 6) is 0.179. The van der Waals surface area contributed by atoms with Crippen LogP contribution >= 0.6 is 15.9 Å². The fraction of sp³-hybridized carbons (Fsp3) is 0.250. The molecule has 0 fully saturated rings. The van der Waals surface area contributed by atoms with E-state index >= 15 is 0 Å². The third-order valence-electron chi connectivity index (χ3n) is 4.23. The summed E-state index contributed by atoms with van der Waals surface area (Å²) in [7, 11) is 0. The third kappa shape index (κ3) is 5.05. The third-order valence-corrected chi connectivity index (χ3v) is 4.87. The van der Waals surface area contributed by atoms with E-state index in [1.165, 1.54) is 12.3 Å². The summed E-state index contributed by atoms with van der Waals surface area (Å²) in [6.07, 6.45) is 1.44. The topological polar surface area (TPSA) is 109 Å². The summed E-state index contributed by atoms with van der Waals surface area (Å²) >= 11 is 3.21. The van der Waals surface area contributed by atoms with E-state index in [9.17, 15) is 14.7 Å². The van der Waals surface area contributed by atoms with Gasteiger partial charge in [0.15, 0.2) is 11.5 Å². The fourth-order valence-corrected chi connectivity index (χ4v) is 3.04. The lowest BCUT2D eigenvalue weighted by Gasteiger charge is -2.20. The SMILES string of the molecule is CC(C)C(NC(=O)c1ccc2c(c1)OCO2)C(=O)N/N=C/c1ccc(O)c(Br)c1. The summed E-state index contributed by atoms with van der Waals surface area (Å²) in [6.45, 7) is 3.77. The van der Waals surface area contributed by atoms with E-state index in [4.69, 9.17) is 9.47 Å². The second-order valence-electron chi connectivity index (χ2n) is 6.71. The van der Waals surface area contributed by atoms with Gasteiger partial charge in [0.1, 0.15) is 11.8 Å². The van der Waals surface area contributed by atoms with E-state index in [0.717, 1.165) is 0 Å². The first kappa shape index (κ1) is 20.7. The number of aromatic hydroxyl groups is 1. The smallest absolute Gasteiger partial charge is 0.262 e. The first-order chi connectivity index (χ1) is 13.8. The number of amides is 2. The summed E-state index contributed by atoms with van der Waals surface area (Å²) in [4.78, 5) is 25.1. The van der Waals surface area contributed by atoms with Crippen molar-refractivity contribution in [3.05, 3.63) is 52.0 Å². The molecule has 3 N–H and O–H groups in total. The predicted octanol–water partition coefficient (Wildman–Crippen LogP) is 2.79. The lowest BCUT2D eigenvalue weighted by atomic mass is 10.0. The molecule has 2 aromatic rings. The van der Waals surface area contributed by atoms with Crippen molar-refractivity contribution in [2.45, 2.75) is 19.9 Å². The number of phenolic OH excluding ortho intramolecular Hbond substituents is 1. The van der Waals surface area contributed by atoms with Gasteiger partial charge in [-0.15, -0.1) is 0 Å². The van der Waals surface area contributed by atoms with Crippen LogP contribution in [0.4, 0.5) is 0 Å². The molecular formula is C20H20BrN3O5. The Labute approximate surface area is 176 Å². The number of nitrogens with one attached hydrogen (secondary N) is 2. The molecule has 9 heteroatoms. The van der Waals surface area contributed by atoms with Crippen LogP contribution in [-0.2, 0) is 4.79 Å². The Bertz CT molecular complexity index is 961. The van der Waals surface area contributed by atoms with Crippen molar-refractivity contribution in [1.29, 1.82) is 0 Å². The normalized spacial score (nSPS) is 13.5. The molecule has 152 valence electrons. The van der Waals surface area contributed by atoms with Crippen LogP contribution in [0.5, 0.6) is 17.2 Å². The lowest BCUT2D eigenvalue weighted by Crippen LogP contribution is -2.48. The van der Waals surface area contributed by atoms with Gasteiger partial charge in [-0.2, -0.15) is 5.10 Å². The molecule has 0 saturated carbocycles. The number of fused-ring (bicyclic) bond motifs is 1. The second kappa shape index (κ2) is 8.95. The number of ether oxygens (including phenoxy) is 2. The van der Waals surface area contributed by atoms with Crippen molar-refractivity contribution >= 4 is 34.0 Å². The van der Waals surface area contributed by atoms with Gasteiger partial charge in [0.05, 0.1) is 10.7 Å². The molecule has 1 aliphatic rings. The van der Waals surface area contributed by atoms with Crippen LogP contribution in [-0.4, -0.2) is 36.0 Å².